The number of amides is 2. The van der Waals surface area contributed by atoms with Gasteiger partial charge in [0.1, 0.15) is 0 Å². The molecular formula is C25H28N2O6. The summed E-state index contributed by atoms with van der Waals surface area (Å²) in [4.78, 5) is 26.2. The number of ether oxygens (including phenoxy) is 2. The predicted molar refractivity (Wildman–Crippen MR) is 121 cm³/mol. The molecule has 2 amide bonds. The molecule has 2 aromatic rings. The van der Waals surface area contributed by atoms with Gasteiger partial charge in [-0.25, -0.2) is 0 Å². The number of phenolic OH excluding ortho intramolecular Hbond substituents is 2. The summed E-state index contributed by atoms with van der Waals surface area (Å²) in [5.74, 6) is -0.372. The first-order valence-corrected chi connectivity index (χ1v) is 10.9. The second kappa shape index (κ2) is 9.44. The second-order valence-corrected chi connectivity index (χ2v) is 8.45. The van der Waals surface area contributed by atoms with E-state index in [0.717, 1.165) is 17.5 Å². The number of rotatable bonds is 8. The van der Waals surface area contributed by atoms with E-state index in [1.807, 2.05) is 12.2 Å². The number of phenols is 2. The van der Waals surface area contributed by atoms with Crippen molar-refractivity contribution < 1.29 is 29.3 Å². The van der Waals surface area contributed by atoms with E-state index in [1.54, 1.807) is 24.3 Å². The van der Waals surface area contributed by atoms with Gasteiger partial charge in [0.15, 0.2) is 23.0 Å². The van der Waals surface area contributed by atoms with Gasteiger partial charge in [-0.05, 0) is 53.6 Å². The maximum atomic E-state index is 13.1. The SMILES string of the molecule is COc1cc(CNC(=O)[C@@H]2[C@@H](C(=O)NCc3ccc(O)c(OC)c3)[C@H]3C=C[C@@H]2C3)ccc1O. The highest BCUT2D eigenvalue weighted by Crippen LogP contribution is 2.48. The number of fused-ring (bicyclic) bond motifs is 2. The molecule has 174 valence electrons. The highest BCUT2D eigenvalue weighted by Gasteiger charge is 2.51. The van der Waals surface area contributed by atoms with Crippen molar-refractivity contribution in [1.82, 2.24) is 10.6 Å². The van der Waals surface area contributed by atoms with Crippen LogP contribution in [0.25, 0.3) is 0 Å². The van der Waals surface area contributed by atoms with Gasteiger partial charge in [-0.2, -0.15) is 0 Å². The molecule has 1 saturated carbocycles. The Morgan fingerprint density at radius 3 is 1.64 bits per heavy atom. The van der Waals surface area contributed by atoms with Gasteiger partial charge in [0.05, 0.1) is 26.1 Å². The third-order valence-corrected chi connectivity index (χ3v) is 6.49. The average Bonchev–Trinajstić information content (AvgIpc) is 3.44. The summed E-state index contributed by atoms with van der Waals surface area (Å²) < 4.78 is 10.2. The Hall–Kier alpha value is -3.68. The molecule has 2 bridgehead atoms. The molecule has 0 aromatic heterocycles. The van der Waals surface area contributed by atoms with Crippen LogP contribution in [0.2, 0.25) is 0 Å². The van der Waals surface area contributed by atoms with Crippen LogP contribution in [0.5, 0.6) is 23.0 Å². The maximum Gasteiger partial charge on any atom is 0.224 e. The van der Waals surface area contributed by atoms with Crippen LogP contribution in [-0.2, 0) is 22.7 Å². The zero-order valence-electron chi connectivity index (χ0n) is 18.6. The quantitative estimate of drug-likeness (QED) is 0.457. The van der Waals surface area contributed by atoms with Gasteiger partial charge in [0.25, 0.3) is 0 Å². The summed E-state index contributed by atoms with van der Waals surface area (Å²) >= 11 is 0. The van der Waals surface area contributed by atoms with Crippen molar-refractivity contribution in [1.29, 1.82) is 0 Å². The molecule has 1 fully saturated rings. The number of hydrogen-bond acceptors (Lipinski definition) is 6. The summed E-state index contributed by atoms with van der Waals surface area (Å²) in [7, 11) is 2.94. The van der Waals surface area contributed by atoms with Crippen LogP contribution >= 0.6 is 0 Å². The predicted octanol–water partition coefficient (Wildman–Crippen LogP) is 2.49. The van der Waals surface area contributed by atoms with Crippen LogP contribution in [0.15, 0.2) is 48.6 Å². The van der Waals surface area contributed by atoms with Gasteiger partial charge in [-0.3, -0.25) is 9.59 Å². The molecule has 4 rings (SSSR count). The summed E-state index contributed by atoms with van der Waals surface area (Å²) in [6, 6.07) is 9.83. The summed E-state index contributed by atoms with van der Waals surface area (Å²) in [6.45, 7) is 0.545. The third kappa shape index (κ3) is 4.60. The smallest absolute Gasteiger partial charge is 0.224 e. The first-order chi connectivity index (χ1) is 15.9. The van der Waals surface area contributed by atoms with Crippen molar-refractivity contribution in [2.24, 2.45) is 23.7 Å². The van der Waals surface area contributed by atoms with Crippen LogP contribution in [0, 0.1) is 23.7 Å². The molecule has 2 aliphatic carbocycles. The molecule has 0 spiro atoms. The van der Waals surface area contributed by atoms with E-state index in [2.05, 4.69) is 10.6 Å². The molecule has 0 radical (unpaired) electrons. The molecule has 4 N–H and O–H groups in total. The molecule has 0 unspecified atom stereocenters. The Bertz CT molecular complexity index is 999. The van der Waals surface area contributed by atoms with E-state index in [4.69, 9.17) is 9.47 Å². The molecule has 33 heavy (non-hydrogen) atoms. The van der Waals surface area contributed by atoms with E-state index in [-0.39, 0.29) is 48.2 Å². The van der Waals surface area contributed by atoms with Crippen LogP contribution in [0.3, 0.4) is 0 Å². The maximum absolute atomic E-state index is 13.1. The Kier molecular flexibility index (Phi) is 6.44. The standard InChI is InChI=1S/C25H28N2O6/c1-32-20-9-14(3-7-18(20)28)12-26-24(30)22-16-5-6-17(11-16)23(22)25(31)27-13-15-4-8-19(29)21(10-15)33-2/h3-10,16-17,22-23,28-29H,11-13H2,1-2H3,(H,26,30)(H,27,31)/t16-,17+,22-,23-/m0/s1. The summed E-state index contributed by atoms with van der Waals surface area (Å²) in [5.41, 5.74) is 1.58. The minimum Gasteiger partial charge on any atom is -0.504 e. The molecule has 2 aromatic carbocycles. The van der Waals surface area contributed by atoms with E-state index in [0.29, 0.717) is 11.5 Å². The van der Waals surface area contributed by atoms with E-state index in [1.165, 1.54) is 26.4 Å². The van der Waals surface area contributed by atoms with Crippen LogP contribution in [0.4, 0.5) is 0 Å². The number of hydrogen-bond donors (Lipinski definition) is 4. The monoisotopic (exact) mass is 452 g/mol. The van der Waals surface area contributed by atoms with E-state index < -0.39 is 11.8 Å². The van der Waals surface area contributed by atoms with Crippen LogP contribution in [-0.4, -0.2) is 36.2 Å². The second-order valence-electron chi connectivity index (χ2n) is 8.45. The third-order valence-electron chi connectivity index (χ3n) is 6.49. The molecule has 2 aliphatic rings. The van der Waals surface area contributed by atoms with E-state index >= 15 is 0 Å². The fourth-order valence-electron chi connectivity index (χ4n) is 4.82. The molecular weight excluding hydrogens is 424 g/mol. The molecule has 0 heterocycles. The molecule has 0 saturated heterocycles. The van der Waals surface area contributed by atoms with E-state index in [9.17, 15) is 19.8 Å². The summed E-state index contributed by atoms with van der Waals surface area (Å²) in [5, 5.41) is 25.4. The number of carbonyl (C=O) groups excluding carboxylic acids is 2. The number of allylic oxidation sites excluding steroid dienone is 2. The zero-order chi connectivity index (χ0) is 23.5. The lowest BCUT2D eigenvalue weighted by Crippen LogP contribution is -2.43. The number of aromatic hydroxyl groups is 2. The zero-order valence-corrected chi connectivity index (χ0v) is 18.6. The topological polar surface area (TPSA) is 117 Å². The number of carbonyl (C=O) groups is 2. The number of nitrogens with one attached hydrogen (secondary N) is 2. The van der Waals surface area contributed by atoms with Crippen molar-refractivity contribution in [3.05, 3.63) is 59.7 Å². The van der Waals surface area contributed by atoms with Gasteiger partial charge in [0, 0.05) is 13.1 Å². The van der Waals surface area contributed by atoms with Crippen LogP contribution in [0.1, 0.15) is 17.5 Å². The lowest BCUT2D eigenvalue weighted by Gasteiger charge is -2.26. The highest BCUT2D eigenvalue weighted by atomic mass is 16.5. The van der Waals surface area contributed by atoms with Gasteiger partial charge in [-0.1, -0.05) is 24.3 Å². The van der Waals surface area contributed by atoms with Crippen molar-refractivity contribution in [2.75, 3.05) is 14.2 Å². The van der Waals surface area contributed by atoms with Gasteiger partial charge >= 0.3 is 0 Å². The normalized spacial score (nSPS) is 22.7. The lowest BCUT2D eigenvalue weighted by molar-refractivity contribution is -0.135. The first-order valence-electron chi connectivity index (χ1n) is 10.9. The average molecular weight is 453 g/mol. The minimum atomic E-state index is -0.437. The number of benzene rings is 2. The van der Waals surface area contributed by atoms with Crippen LogP contribution < -0.4 is 20.1 Å². The minimum absolute atomic E-state index is 0.0359. The Balaban J connectivity index is 1.40. The van der Waals surface area contributed by atoms with Crippen molar-refractivity contribution in [2.45, 2.75) is 19.5 Å². The first kappa shape index (κ1) is 22.5. The van der Waals surface area contributed by atoms with Gasteiger partial charge in [-0.15, -0.1) is 0 Å². The number of methoxy groups -OCH3 is 2. The van der Waals surface area contributed by atoms with Crippen molar-refractivity contribution >= 4 is 11.8 Å². The van der Waals surface area contributed by atoms with Crippen molar-refractivity contribution in [3.63, 3.8) is 0 Å². The largest absolute Gasteiger partial charge is 0.504 e. The Labute approximate surface area is 192 Å². The summed E-state index contributed by atoms with van der Waals surface area (Å²) in [6.07, 6.45) is 4.86. The fraction of sp³-hybridized carbons (Fsp3) is 0.360. The molecule has 4 atom stereocenters. The fourth-order valence-corrected chi connectivity index (χ4v) is 4.82. The lowest BCUT2D eigenvalue weighted by atomic mass is 9.81. The Morgan fingerprint density at radius 2 is 1.24 bits per heavy atom. The van der Waals surface area contributed by atoms with Gasteiger partial charge < -0.3 is 30.3 Å². The van der Waals surface area contributed by atoms with Crippen molar-refractivity contribution in [3.8, 4) is 23.0 Å². The molecule has 8 nitrogen and oxygen atoms in total. The Morgan fingerprint density at radius 1 is 0.818 bits per heavy atom. The highest BCUT2D eigenvalue weighted by molar-refractivity contribution is 5.89. The molecule has 0 aliphatic heterocycles. The van der Waals surface area contributed by atoms with Gasteiger partial charge in [0.2, 0.25) is 11.8 Å². The molecule has 8 heteroatoms.